The molecule has 3 rings (SSSR count). The van der Waals surface area contributed by atoms with Gasteiger partial charge in [0.25, 0.3) is 0 Å². The van der Waals surface area contributed by atoms with E-state index in [1.807, 2.05) is 42.7 Å². The van der Waals surface area contributed by atoms with Gasteiger partial charge in [0.2, 0.25) is 0 Å². The van der Waals surface area contributed by atoms with Gasteiger partial charge in [0, 0.05) is 6.54 Å². The summed E-state index contributed by atoms with van der Waals surface area (Å²) < 4.78 is 7.99. The third kappa shape index (κ3) is 2.67. The van der Waals surface area contributed by atoms with Crippen molar-refractivity contribution in [2.45, 2.75) is 19.9 Å². The SMILES string of the molecule is Cc1ccccc1OCCCn1cnc2ccccc21. The van der Waals surface area contributed by atoms with Crippen LogP contribution in [0.4, 0.5) is 0 Å². The van der Waals surface area contributed by atoms with Crippen LogP contribution in [0.1, 0.15) is 12.0 Å². The van der Waals surface area contributed by atoms with E-state index in [9.17, 15) is 0 Å². The normalized spacial score (nSPS) is 10.8. The van der Waals surface area contributed by atoms with Crippen LogP contribution >= 0.6 is 0 Å². The molecule has 0 N–H and O–H groups in total. The summed E-state index contributed by atoms with van der Waals surface area (Å²) in [6.07, 6.45) is 2.87. The van der Waals surface area contributed by atoms with E-state index in [2.05, 4.69) is 28.6 Å². The minimum Gasteiger partial charge on any atom is -0.493 e. The highest BCUT2D eigenvalue weighted by atomic mass is 16.5. The van der Waals surface area contributed by atoms with Crippen molar-refractivity contribution in [3.63, 3.8) is 0 Å². The largest absolute Gasteiger partial charge is 0.493 e. The number of rotatable bonds is 5. The van der Waals surface area contributed by atoms with Gasteiger partial charge in [-0.1, -0.05) is 30.3 Å². The molecular weight excluding hydrogens is 248 g/mol. The van der Waals surface area contributed by atoms with E-state index in [1.165, 1.54) is 11.1 Å². The Bertz CT molecular complexity index is 703. The number of hydrogen-bond donors (Lipinski definition) is 0. The third-order valence-corrected chi connectivity index (χ3v) is 3.42. The zero-order valence-corrected chi connectivity index (χ0v) is 11.6. The fraction of sp³-hybridized carbons (Fsp3) is 0.235. The molecule has 0 amide bonds. The fourth-order valence-electron chi connectivity index (χ4n) is 2.32. The number of ether oxygens (including phenoxy) is 1. The molecule has 0 saturated carbocycles. The second kappa shape index (κ2) is 5.78. The van der Waals surface area contributed by atoms with Crippen LogP contribution in [-0.4, -0.2) is 16.2 Å². The molecule has 0 radical (unpaired) electrons. The Labute approximate surface area is 118 Å². The van der Waals surface area contributed by atoms with E-state index in [-0.39, 0.29) is 0 Å². The zero-order valence-electron chi connectivity index (χ0n) is 11.6. The molecule has 1 heterocycles. The molecule has 0 atom stereocenters. The van der Waals surface area contributed by atoms with Crippen molar-refractivity contribution in [3.8, 4) is 5.75 Å². The Morgan fingerprint density at radius 2 is 1.85 bits per heavy atom. The molecule has 0 saturated heterocycles. The maximum atomic E-state index is 5.81. The predicted molar refractivity (Wildman–Crippen MR) is 81.0 cm³/mol. The van der Waals surface area contributed by atoms with Crippen molar-refractivity contribution in [1.82, 2.24) is 9.55 Å². The molecule has 20 heavy (non-hydrogen) atoms. The van der Waals surface area contributed by atoms with Gasteiger partial charge < -0.3 is 9.30 Å². The van der Waals surface area contributed by atoms with E-state index in [0.29, 0.717) is 0 Å². The van der Waals surface area contributed by atoms with Crippen LogP contribution in [0.2, 0.25) is 0 Å². The van der Waals surface area contributed by atoms with Gasteiger partial charge >= 0.3 is 0 Å². The Kier molecular flexibility index (Phi) is 3.68. The van der Waals surface area contributed by atoms with E-state index >= 15 is 0 Å². The number of aryl methyl sites for hydroxylation is 2. The first kappa shape index (κ1) is 12.7. The summed E-state index contributed by atoms with van der Waals surface area (Å²) in [4.78, 5) is 4.39. The average molecular weight is 266 g/mol. The fourth-order valence-corrected chi connectivity index (χ4v) is 2.32. The maximum absolute atomic E-state index is 5.81. The lowest BCUT2D eigenvalue weighted by Crippen LogP contribution is -2.04. The average Bonchev–Trinajstić information content (AvgIpc) is 2.89. The standard InChI is InChI=1S/C17H18N2O/c1-14-7-2-5-10-17(14)20-12-6-11-19-13-18-15-8-3-4-9-16(15)19/h2-5,7-10,13H,6,11-12H2,1H3. The number of para-hydroxylation sites is 3. The van der Waals surface area contributed by atoms with Gasteiger partial charge in [-0.2, -0.15) is 0 Å². The molecule has 0 unspecified atom stereocenters. The Morgan fingerprint density at radius 3 is 2.75 bits per heavy atom. The van der Waals surface area contributed by atoms with Crippen LogP contribution in [0.5, 0.6) is 5.75 Å². The van der Waals surface area contributed by atoms with E-state index in [4.69, 9.17) is 4.74 Å². The third-order valence-electron chi connectivity index (χ3n) is 3.42. The van der Waals surface area contributed by atoms with E-state index < -0.39 is 0 Å². The van der Waals surface area contributed by atoms with Gasteiger partial charge in [0.05, 0.1) is 24.0 Å². The minimum absolute atomic E-state index is 0.720. The summed E-state index contributed by atoms with van der Waals surface area (Å²) in [6.45, 7) is 3.71. The number of nitrogens with zero attached hydrogens (tertiary/aromatic N) is 2. The molecule has 3 aromatic rings. The number of hydrogen-bond acceptors (Lipinski definition) is 2. The van der Waals surface area contributed by atoms with Crippen molar-refractivity contribution in [2.75, 3.05) is 6.61 Å². The lowest BCUT2D eigenvalue weighted by atomic mass is 10.2. The highest BCUT2D eigenvalue weighted by Crippen LogP contribution is 2.17. The summed E-state index contributed by atoms with van der Waals surface area (Å²) in [6, 6.07) is 16.3. The molecule has 102 valence electrons. The van der Waals surface area contributed by atoms with Crippen molar-refractivity contribution in [2.24, 2.45) is 0 Å². The van der Waals surface area contributed by atoms with Gasteiger partial charge in [0.15, 0.2) is 0 Å². The smallest absolute Gasteiger partial charge is 0.122 e. The first-order valence-corrected chi connectivity index (χ1v) is 6.93. The molecule has 0 aliphatic rings. The van der Waals surface area contributed by atoms with Crippen LogP contribution in [0, 0.1) is 6.92 Å². The Hall–Kier alpha value is -2.29. The molecule has 0 fully saturated rings. The molecular formula is C17H18N2O. The summed E-state index contributed by atoms with van der Waals surface area (Å²) >= 11 is 0. The lowest BCUT2D eigenvalue weighted by Gasteiger charge is -2.09. The number of aromatic nitrogens is 2. The quantitative estimate of drug-likeness (QED) is 0.656. The summed E-state index contributed by atoms with van der Waals surface area (Å²) in [5, 5.41) is 0. The van der Waals surface area contributed by atoms with Gasteiger partial charge in [-0.15, -0.1) is 0 Å². The monoisotopic (exact) mass is 266 g/mol. The van der Waals surface area contributed by atoms with Gasteiger partial charge in [-0.05, 0) is 37.1 Å². The first-order chi connectivity index (χ1) is 9.84. The van der Waals surface area contributed by atoms with Crippen LogP contribution in [0.3, 0.4) is 0 Å². The Morgan fingerprint density at radius 1 is 1.05 bits per heavy atom. The van der Waals surface area contributed by atoms with Crippen LogP contribution in [0.15, 0.2) is 54.9 Å². The molecule has 2 aromatic carbocycles. The van der Waals surface area contributed by atoms with Gasteiger partial charge in [0.1, 0.15) is 5.75 Å². The van der Waals surface area contributed by atoms with Crippen LogP contribution < -0.4 is 4.74 Å². The summed E-state index contributed by atoms with van der Waals surface area (Å²) in [7, 11) is 0. The summed E-state index contributed by atoms with van der Waals surface area (Å²) in [5.74, 6) is 0.975. The molecule has 3 nitrogen and oxygen atoms in total. The number of imidazole rings is 1. The highest BCUT2D eigenvalue weighted by molar-refractivity contribution is 5.74. The highest BCUT2D eigenvalue weighted by Gasteiger charge is 2.01. The van der Waals surface area contributed by atoms with Crippen LogP contribution in [-0.2, 0) is 6.54 Å². The second-order valence-electron chi connectivity index (χ2n) is 4.89. The molecule has 1 aromatic heterocycles. The molecule has 0 aliphatic carbocycles. The minimum atomic E-state index is 0.720. The number of benzene rings is 2. The van der Waals surface area contributed by atoms with Crippen molar-refractivity contribution in [1.29, 1.82) is 0 Å². The van der Waals surface area contributed by atoms with Gasteiger partial charge in [-0.3, -0.25) is 0 Å². The first-order valence-electron chi connectivity index (χ1n) is 6.93. The molecule has 0 aliphatic heterocycles. The summed E-state index contributed by atoms with van der Waals surface area (Å²) in [5.41, 5.74) is 3.41. The maximum Gasteiger partial charge on any atom is 0.122 e. The predicted octanol–water partition coefficient (Wildman–Crippen LogP) is 3.81. The lowest BCUT2D eigenvalue weighted by molar-refractivity contribution is 0.300. The van der Waals surface area contributed by atoms with Crippen molar-refractivity contribution in [3.05, 3.63) is 60.4 Å². The zero-order chi connectivity index (χ0) is 13.8. The molecule has 0 bridgehead atoms. The van der Waals surface area contributed by atoms with Crippen molar-refractivity contribution >= 4 is 11.0 Å². The second-order valence-corrected chi connectivity index (χ2v) is 4.89. The van der Waals surface area contributed by atoms with E-state index in [1.54, 1.807) is 0 Å². The molecule has 3 heteroatoms. The molecule has 0 spiro atoms. The van der Waals surface area contributed by atoms with E-state index in [0.717, 1.165) is 30.8 Å². The van der Waals surface area contributed by atoms with Crippen LogP contribution in [0.25, 0.3) is 11.0 Å². The van der Waals surface area contributed by atoms with Crippen molar-refractivity contribution < 1.29 is 4.74 Å². The van der Waals surface area contributed by atoms with Gasteiger partial charge in [-0.25, -0.2) is 4.98 Å². The number of fused-ring (bicyclic) bond motifs is 1. The Balaban J connectivity index is 1.57. The topological polar surface area (TPSA) is 27.1 Å².